The van der Waals surface area contributed by atoms with Gasteiger partial charge in [0.2, 0.25) is 11.9 Å². The van der Waals surface area contributed by atoms with E-state index in [9.17, 15) is 0 Å². The van der Waals surface area contributed by atoms with Crippen molar-refractivity contribution in [3.63, 3.8) is 0 Å². The van der Waals surface area contributed by atoms with Gasteiger partial charge in [-0.3, -0.25) is 4.84 Å². The monoisotopic (exact) mass is 295 g/mol. The van der Waals surface area contributed by atoms with Crippen molar-refractivity contribution in [2.75, 3.05) is 0 Å². The fourth-order valence-corrected chi connectivity index (χ4v) is 2.37. The summed E-state index contributed by atoms with van der Waals surface area (Å²) in [7, 11) is 0. The van der Waals surface area contributed by atoms with Crippen LogP contribution < -0.4 is 11.5 Å². The Kier molecular flexibility index (Phi) is 4.15. The second kappa shape index (κ2) is 5.68. The summed E-state index contributed by atoms with van der Waals surface area (Å²) >= 11 is 0. The van der Waals surface area contributed by atoms with Crippen LogP contribution in [0.25, 0.3) is 0 Å². The van der Waals surface area contributed by atoms with Crippen molar-refractivity contribution in [2.45, 2.75) is 31.5 Å². The number of halogens is 1. The zero-order valence-electron chi connectivity index (χ0n) is 11.0. The highest BCUT2D eigenvalue weighted by atomic mass is 35.5. The molecule has 6 nitrogen and oxygen atoms in total. The van der Waals surface area contributed by atoms with Gasteiger partial charge in [-0.15, -0.1) is 12.4 Å². The first-order valence-electron chi connectivity index (χ1n) is 6.36. The van der Waals surface area contributed by atoms with Crippen LogP contribution in [0.3, 0.4) is 0 Å². The molecule has 1 heterocycles. The van der Waals surface area contributed by atoms with Crippen LogP contribution in [-0.4, -0.2) is 22.6 Å². The molecule has 0 radical (unpaired) electrons. The fourth-order valence-electron chi connectivity index (χ4n) is 2.37. The molecule has 20 heavy (non-hydrogen) atoms. The molecule has 0 aromatic heterocycles. The van der Waals surface area contributed by atoms with Crippen molar-refractivity contribution >= 4 is 24.3 Å². The summed E-state index contributed by atoms with van der Waals surface area (Å²) in [5.41, 5.74) is 12.2. The van der Waals surface area contributed by atoms with Crippen molar-refractivity contribution in [1.29, 1.82) is 0 Å². The number of nitrogens with zero attached hydrogens (tertiary/aromatic N) is 3. The third kappa shape index (κ3) is 2.57. The molecule has 1 aromatic rings. The van der Waals surface area contributed by atoms with Crippen LogP contribution in [0.1, 0.15) is 24.8 Å². The summed E-state index contributed by atoms with van der Waals surface area (Å²) in [6, 6.07) is 9.92. The second-order valence-corrected chi connectivity index (χ2v) is 4.83. The lowest BCUT2D eigenvalue weighted by molar-refractivity contribution is -0.199. The van der Waals surface area contributed by atoms with E-state index in [4.69, 9.17) is 16.3 Å². The van der Waals surface area contributed by atoms with Crippen molar-refractivity contribution < 1.29 is 4.84 Å². The molecule has 1 saturated carbocycles. The summed E-state index contributed by atoms with van der Waals surface area (Å²) in [5, 5.41) is 1.61. The van der Waals surface area contributed by atoms with Crippen molar-refractivity contribution in [3.8, 4) is 0 Å². The van der Waals surface area contributed by atoms with Gasteiger partial charge in [0.25, 0.3) is 0 Å². The Morgan fingerprint density at radius 3 is 2.50 bits per heavy atom. The molecule has 1 aromatic carbocycles. The zero-order valence-corrected chi connectivity index (χ0v) is 11.8. The quantitative estimate of drug-likeness (QED) is 0.881. The first kappa shape index (κ1) is 14.6. The van der Waals surface area contributed by atoms with Gasteiger partial charge in [-0.05, 0) is 24.8 Å². The molecule has 1 aliphatic carbocycles. The van der Waals surface area contributed by atoms with E-state index in [0.29, 0.717) is 6.61 Å². The first-order valence-corrected chi connectivity index (χ1v) is 6.36. The van der Waals surface area contributed by atoms with Crippen LogP contribution in [-0.2, 0) is 11.4 Å². The minimum atomic E-state index is -0.440. The summed E-state index contributed by atoms with van der Waals surface area (Å²) in [5.74, 6) is 0.514. The van der Waals surface area contributed by atoms with Crippen LogP contribution >= 0.6 is 12.4 Å². The molecule has 108 valence electrons. The van der Waals surface area contributed by atoms with Crippen LogP contribution in [0.5, 0.6) is 0 Å². The minimum Gasteiger partial charge on any atom is -0.368 e. The molecule has 1 fully saturated rings. The molecule has 0 bridgehead atoms. The lowest BCUT2D eigenvalue weighted by Crippen LogP contribution is -2.60. The predicted octanol–water partition coefficient (Wildman–Crippen LogP) is 1.37. The third-order valence-corrected chi connectivity index (χ3v) is 3.50. The number of guanidine groups is 2. The van der Waals surface area contributed by atoms with E-state index in [1.54, 1.807) is 5.06 Å². The molecule has 1 spiro atoms. The Balaban J connectivity index is 0.00000147. The molecule has 0 atom stereocenters. The van der Waals surface area contributed by atoms with Gasteiger partial charge in [0.05, 0.1) is 0 Å². The SMILES string of the molecule is Cl.NC1=NC2(CCC2)N(OCc2ccccc2)C(N)=N1. The number of aliphatic imine (C=N–C) groups is 2. The summed E-state index contributed by atoms with van der Waals surface area (Å²) in [6.07, 6.45) is 2.87. The topological polar surface area (TPSA) is 89.2 Å². The molecule has 0 unspecified atom stereocenters. The van der Waals surface area contributed by atoms with Crippen molar-refractivity contribution in [2.24, 2.45) is 21.5 Å². The highest BCUT2D eigenvalue weighted by Gasteiger charge is 2.47. The molecular weight excluding hydrogens is 278 g/mol. The number of rotatable bonds is 3. The summed E-state index contributed by atoms with van der Waals surface area (Å²) in [4.78, 5) is 14.2. The van der Waals surface area contributed by atoms with E-state index in [-0.39, 0.29) is 24.3 Å². The van der Waals surface area contributed by atoms with Crippen molar-refractivity contribution in [3.05, 3.63) is 35.9 Å². The summed E-state index contributed by atoms with van der Waals surface area (Å²) < 4.78 is 0. The predicted molar refractivity (Wildman–Crippen MR) is 80.1 cm³/mol. The molecular formula is C13H18ClN5O. The standard InChI is InChI=1S/C13H17N5O.ClH/c14-11-16-12(15)18(13(17-11)7-4-8-13)19-9-10-5-2-1-3-6-10;/h1-3,5-6H,4,7-9H2,(H4,14,15,16,17);1H. The first-order chi connectivity index (χ1) is 9.20. The van der Waals surface area contributed by atoms with Gasteiger partial charge in [0.15, 0.2) is 5.66 Å². The maximum atomic E-state index is 5.91. The van der Waals surface area contributed by atoms with Crippen LogP contribution in [0, 0.1) is 0 Å². The Morgan fingerprint density at radius 2 is 1.90 bits per heavy atom. The maximum Gasteiger partial charge on any atom is 0.226 e. The van der Waals surface area contributed by atoms with Gasteiger partial charge in [-0.2, -0.15) is 10.1 Å². The average Bonchev–Trinajstić information content (AvgIpc) is 2.36. The smallest absolute Gasteiger partial charge is 0.226 e. The van der Waals surface area contributed by atoms with Crippen LogP contribution in [0.4, 0.5) is 0 Å². The highest BCUT2D eigenvalue weighted by Crippen LogP contribution is 2.40. The number of benzene rings is 1. The zero-order chi connectivity index (χ0) is 13.3. The largest absolute Gasteiger partial charge is 0.368 e. The molecule has 7 heteroatoms. The van der Waals surface area contributed by atoms with Gasteiger partial charge in [-0.25, -0.2) is 4.99 Å². The Morgan fingerprint density at radius 1 is 1.20 bits per heavy atom. The second-order valence-electron chi connectivity index (χ2n) is 4.83. The van der Waals surface area contributed by atoms with Gasteiger partial charge < -0.3 is 11.5 Å². The third-order valence-electron chi connectivity index (χ3n) is 3.50. The maximum absolute atomic E-state index is 5.91. The number of hydroxylamine groups is 2. The lowest BCUT2D eigenvalue weighted by Gasteiger charge is -2.47. The normalized spacial score (nSPS) is 19.7. The molecule has 1 aliphatic heterocycles. The Labute approximate surface area is 123 Å². The van der Waals surface area contributed by atoms with E-state index in [1.165, 1.54) is 0 Å². The van der Waals surface area contributed by atoms with E-state index in [1.807, 2.05) is 30.3 Å². The van der Waals surface area contributed by atoms with Crippen LogP contribution in [0.15, 0.2) is 40.3 Å². The molecule has 0 saturated heterocycles. The van der Waals surface area contributed by atoms with Gasteiger partial charge in [-0.1, -0.05) is 30.3 Å². The Hall–Kier alpha value is -1.79. The molecule has 0 amide bonds. The van der Waals surface area contributed by atoms with Crippen LogP contribution in [0.2, 0.25) is 0 Å². The average molecular weight is 296 g/mol. The number of hydrogen-bond acceptors (Lipinski definition) is 6. The van der Waals surface area contributed by atoms with Gasteiger partial charge >= 0.3 is 0 Å². The number of nitrogens with two attached hydrogens (primary N) is 2. The van der Waals surface area contributed by atoms with E-state index in [2.05, 4.69) is 9.98 Å². The van der Waals surface area contributed by atoms with E-state index in [0.717, 1.165) is 24.8 Å². The Bertz CT molecular complexity index is 527. The van der Waals surface area contributed by atoms with Gasteiger partial charge in [0.1, 0.15) is 6.61 Å². The fraction of sp³-hybridized carbons (Fsp3) is 0.385. The molecule has 2 aliphatic rings. The number of hydrogen-bond donors (Lipinski definition) is 2. The van der Waals surface area contributed by atoms with Gasteiger partial charge in [0, 0.05) is 0 Å². The molecule has 3 rings (SSSR count). The lowest BCUT2D eigenvalue weighted by atomic mass is 9.85. The molecule has 4 N–H and O–H groups in total. The van der Waals surface area contributed by atoms with E-state index < -0.39 is 5.66 Å². The summed E-state index contributed by atoms with van der Waals surface area (Å²) in [6.45, 7) is 0.439. The highest BCUT2D eigenvalue weighted by molar-refractivity contribution is 5.95. The van der Waals surface area contributed by atoms with Crippen molar-refractivity contribution in [1.82, 2.24) is 5.06 Å². The van der Waals surface area contributed by atoms with E-state index >= 15 is 0 Å². The minimum absolute atomic E-state index is 0.